The van der Waals surface area contributed by atoms with Gasteiger partial charge in [0.25, 0.3) is 5.91 Å². The molecule has 0 aliphatic rings. The monoisotopic (exact) mass is 411 g/mol. The molecule has 0 heterocycles. The van der Waals surface area contributed by atoms with Gasteiger partial charge in [-0.1, -0.05) is 35.9 Å². The largest absolute Gasteiger partial charge is 0.573 e. The Morgan fingerprint density at radius 2 is 1.72 bits per heavy atom. The average Bonchev–Trinajstić information content (AvgIpc) is 2.66. The molecule has 1 atom stereocenters. The van der Waals surface area contributed by atoms with Gasteiger partial charge in [0.05, 0.1) is 0 Å². The van der Waals surface area contributed by atoms with Gasteiger partial charge in [-0.25, -0.2) is 4.79 Å². The van der Waals surface area contributed by atoms with E-state index in [0.29, 0.717) is 5.75 Å². The Hall–Kier alpha value is -3.23. The molecule has 2 aromatic rings. The van der Waals surface area contributed by atoms with Gasteiger partial charge < -0.3 is 19.5 Å². The Morgan fingerprint density at radius 3 is 2.38 bits per heavy atom. The molecule has 0 spiro atoms. The molecule has 0 aromatic heterocycles. The van der Waals surface area contributed by atoms with E-state index in [1.54, 1.807) is 12.1 Å². The first-order valence-electron chi connectivity index (χ1n) is 8.64. The number of esters is 1. The summed E-state index contributed by atoms with van der Waals surface area (Å²) >= 11 is 0. The third-order valence-electron chi connectivity index (χ3n) is 3.69. The van der Waals surface area contributed by atoms with Crippen molar-refractivity contribution in [3.05, 3.63) is 59.7 Å². The van der Waals surface area contributed by atoms with Crippen molar-refractivity contribution in [1.29, 1.82) is 0 Å². The number of aryl methyl sites for hydroxylation is 1. The van der Waals surface area contributed by atoms with E-state index in [1.165, 1.54) is 25.1 Å². The number of benzene rings is 2. The van der Waals surface area contributed by atoms with Crippen LogP contribution in [0.3, 0.4) is 0 Å². The molecule has 2 rings (SSSR count). The van der Waals surface area contributed by atoms with Crippen LogP contribution < -0.4 is 14.8 Å². The number of nitrogens with one attached hydrogen (secondary N) is 1. The van der Waals surface area contributed by atoms with Gasteiger partial charge in [-0.15, -0.1) is 13.2 Å². The van der Waals surface area contributed by atoms with Crippen LogP contribution in [-0.2, 0) is 20.9 Å². The van der Waals surface area contributed by atoms with Gasteiger partial charge in [0.15, 0.2) is 12.7 Å². The number of hydrogen-bond acceptors (Lipinski definition) is 5. The molecular weight excluding hydrogens is 391 g/mol. The highest BCUT2D eigenvalue weighted by Crippen LogP contribution is 2.26. The van der Waals surface area contributed by atoms with Crippen molar-refractivity contribution in [1.82, 2.24) is 5.32 Å². The number of hydrogen-bond donors (Lipinski definition) is 1. The van der Waals surface area contributed by atoms with Crippen molar-refractivity contribution < 1.29 is 37.0 Å². The molecular formula is C20H20F3NO5. The summed E-state index contributed by atoms with van der Waals surface area (Å²) in [5.41, 5.74) is 1.16. The minimum atomic E-state index is -4.84. The van der Waals surface area contributed by atoms with Crippen LogP contribution in [0.5, 0.6) is 11.5 Å². The lowest BCUT2D eigenvalue weighted by molar-refractivity contribution is -0.274. The number of rotatable bonds is 8. The van der Waals surface area contributed by atoms with E-state index in [2.05, 4.69) is 10.1 Å². The summed E-state index contributed by atoms with van der Waals surface area (Å²) < 4.78 is 51.4. The maximum absolute atomic E-state index is 12.4. The second-order valence-corrected chi connectivity index (χ2v) is 6.11. The standard InChI is InChI=1S/C20H20F3NO5/c1-13-7-9-16(10-8-13)28-14(2)19(26)27-12-18(25)24-11-15-5-3-4-6-17(15)29-20(21,22)23/h3-10,14H,11-12H2,1-2H3,(H,24,25). The molecule has 0 aliphatic carbocycles. The molecule has 1 unspecified atom stereocenters. The normalized spacial score (nSPS) is 12.0. The maximum Gasteiger partial charge on any atom is 0.573 e. The molecule has 0 bridgehead atoms. The van der Waals surface area contributed by atoms with E-state index in [4.69, 9.17) is 9.47 Å². The van der Waals surface area contributed by atoms with Crippen LogP contribution in [0.1, 0.15) is 18.1 Å². The van der Waals surface area contributed by atoms with E-state index < -0.39 is 36.7 Å². The van der Waals surface area contributed by atoms with Crippen molar-refractivity contribution in [3.8, 4) is 11.5 Å². The number of ether oxygens (including phenoxy) is 3. The summed E-state index contributed by atoms with van der Waals surface area (Å²) in [5.74, 6) is -1.37. The molecule has 0 radical (unpaired) electrons. The highest BCUT2D eigenvalue weighted by molar-refractivity contribution is 5.82. The van der Waals surface area contributed by atoms with Crippen molar-refractivity contribution >= 4 is 11.9 Å². The zero-order valence-corrected chi connectivity index (χ0v) is 15.8. The quantitative estimate of drug-likeness (QED) is 0.673. The summed E-state index contributed by atoms with van der Waals surface area (Å²) in [6.45, 7) is 2.57. The molecule has 0 aliphatic heterocycles. The summed E-state index contributed by atoms with van der Waals surface area (Å²) in [6.07, 6.45) is -5.78. The Morgan fingerprint density at radius 1 is 1.07 bits per heavy atom. The molecule has 29 heavy (non-hydrogen) atoms. The highest BCUT2D eigenvalue weighted by atomic mass is 19.4. The minimum absolute atomic E-state index is 0.126. The fraction of sp³-hybridized carbons (Fsp3) is 0.300. The molecule has 0 fully saturated rings. The number of carbonyl (C=O) groups is 2. The molecule has 156 valence electrons. The van der Waals surface area contributed by atoms with Gasteiger partial charge in [-0.3, -0.25) is 4.79 Å². The number of alkyl halides is 3. The zero-order valence-electron chi connectivity index (χ0n) is 15.8. The van der Waals surface area contributed by atoms with Gasteiger partial charge in [0.1, 0.15) is 11.5 Å². The predicted molar refractivity (Wildman–Crippen MR) is 97.2 cm³/mol. The third-order valence-corrected chi connectivity index (χ3v) is 3.69. The molecule has 2 aromatic carbocycles. The summed E-state index contributed by atoms with van der Waals surface area (Å²) in [6, 6.07) is 12.4. The van der Waals surface area contributed by atoms with Crippen molar-refractivity contribution in [3.63, 3.8) is 0 Å². The Labute approximate surface area is 165 Å². The Kier molecular flexibility index (Phi) is 7.46. The maximum atomic E-state index is 12.4. The van der Waals surface area contributed by atoms with Crippen LogP contribution in [0, 0.1) is 6.92 Å². The summed E-state index contributed by atoms with van der Waals surface area (Å²) in [5, 5.41) is 2.37. The molecule has 1 N–H and O–H groups in total. The van der Waals surface area contributed by atoms with Crippen molar-refractivity contribution in [2.75, 3.05) is 6.61 Å². The topological polar surface area (TPSA) is 73.9 Å². The van der Waals surface area contributed by atoms with E-state index in [9.17, 15) is 22.8 Å². The second kappa shape index (κ2) is 9.81. The van der Waals surface area contributed by atoms with E-state index >= 15 is 0 Å². The SMILES string of the molecule is Cc1ccc(OC(C)C(=O)OCC(=O)NCc2ccccc2OC(F)(F)F)cc1. The highest BCUT2D eigenvalue weighted by Gasteiger charge is 2.32. The predicted octanol–water partition coefficient (Wildman–Crippen LogP) is 3.52. The lowest BCUT2D eigenvalue weighted by Crippen LogP contribution is -2.32. The lowest BCUT2D eigenvalue weighted by atomic mass is 10.2. The first-order chi connectivity index (χ1) is 13.6. The van der Waals surface area contributed by atoms with E-state index in [-0.39, 0.29) is 12.1 Å². The molecule has 1 amide bonds. The average molecular weight is 411 g/mol. The second-order valence-electron chi connectivity index (χ2n) is 6.11. The van der Waals surface area contributed by atoms with Crippen LogP contribution in [0.25, 0.3) is 0 Å². The molecule has 0 saturated carbocycles. The smallest absolute Gasteiger partial charge is 0.479 e. The van der Waals surface area contributed by atoms with Gasteiger partial charge in [-0.2, -0.15) is 0 Å². The van der Waals surface area contributed by atoms with Gasteiger partial charge in [-0.05, 0) is 32.0 Å². The number of amides is 1. The summed E-state index contributed by atoms with van der Waals surface area (Å²) in [7, 11) is 0. The third kappa shape index (κ3) is 7.73. The van der Waals surface area contributed by atoms with Crippen LogP contribution in [0.4, 0.5) is 13.2 Å². The van der Waals surface area contributed by atoms with Crippen LogP contribution in [-0.4, -0.2) is 30.9 Å². The van der Waals surface area contributed by atoms with Crippen LogP contribution in [0.2, 0.25) is 0 Å². The Balaban J connectivity index is 1.79. The number of halogens is 3. The minimum Gasteiger partial charge on any atom is -0.479 e. The van der Waals surface area contributed by atoms with Gasteiger partial charge in [0.2, 0.25) is 0 Å². The fourth-order valence-corrected chi connectivity index (χ4v) is 2.24. The molecule has 6 nitrogen and oxygen atoms in total. The lowest BCUT2D eigenvalue weighted by Gasteiger charge is -2.15. The van der Waals surface area contributed by atoms with Crippen molar-refractivity contribution in [2.45, 2.75) is 32.9 Å². The first kappa shape index (κ1) is 22.1. The molecule has 0 saturated heterocycles. The van der Waals surface area contributed by atoms with Crippen LogP contribution >= 0.6 is 0 Å². The van der Waals surface area contributed by atoms with Gasteiger partial charge in [0, 0.05) is 12.1 Å². The van der Waals surface area contributed by atoms with Crippen molar-refractivity contribution in [2.24, 2.45) is 0 Å². The zero-order chi connectivity index (χ0) is 21.4. The van der Waals surface area contributed by atoms with E-state index in [1.807, 2.05) is 19.1 Å². The Bertz CT molecular complexity index is 837. The van der Waals surface area contributed by atoms with Gasteiger partial charge >= 0.3 is 12.3 Å². The summed E-state index contributed by atoms with van der Waals surface area (Å²) in [4.78, 5) is 23.8. The first-order valence-corrected chi connectivity index (χ1v) is 8.64. The number of para-hydroxylation sites is 1. The fourth-order valence-electron chi connectivity index (χ4n) is 2.24. The van der Waals surface area contributed by atoms with E-state index in [0.717, 1.165) is 11.6 Å². The number of carbonyl (C=O) groups excluding carboxylic acids is 2. The molecule has 9 heteroatoms. The van der Waals surface area contributed by atoms with Crippen LogP contribution in [0.15, 0.2) is 48.5 Å².